The van der Waals surface area contributed by atoms with Crippen LogP contribution >= 0.6 is 0 Å². The van der Waals surface area contributed by atoms with Crippen molar-refractivity contribution in [3.63, 3.8) is 0 Å². The first-order valence-electron chi connectivity index (χ1n) is 18.3. The van der Waals surface area contributed by atoms with Crippen molar-refractivity contribution in [3.8, 4) is 11.4 Å². The third kappa shape index (κ3) is 4.65. The van der Waals surface area contributed by atoms with Crippen molar-refractivity contribution >= 4 is 67.9 Å². The molecule has 2 aliphatic heterocycles. The molecule has 6 nitrogen and oxygen atoms in total. The number of fused-ring (bicyclic) bond motifs is 7. The van der Waals surface area contributed by atoms with Crippen LogP contribution < -0.4 is 10.3 Å². The summed E-state index contributed by atoms with van der Waals surface area (Å²) in [7, 11) is 0. The molecule has 0 spiro atoms. The fourth-order valence-corrected chi connectivity index (χ4v) is 8.41. The Labute approximate surface area is 307 Å². The van der Waals surface area contributed by atoms with Gasteiger partial charge in [0.15, 0.2) is 5.84 Å². The lowest BCUT2D eigenvalue weighted by Crippen LogP contribution is -2.42. The molecule has 6 aromatic carbocycles. The van der Waals surface area contributed by atoms with E-state index in [1.807, 2.05) is 29.4 Å². The van der Waals surface area contributed by atoms with E-state index in [0.29, 0.717) is 0 Å². The highest BCUT2D eigenvalue weighted by Crippen LogP contribution is 2.37. The Bertz CT molecular complexity index is 2800. The van der Waals surface area contributed by atoms with Crippen LogP contribution in [0.25, 0.3) is 61.6 Å². The number of hydrogen-bond acceptors (Lipinski definition) is 4. The molecule has 0 saturated heterocycles. The molecule has 0 radical (unpaired) electrons. The van der Waals surface area contributed by atoms with E-state index < -0.39 is 0 Å². The van der Waals surface area contributed by atoms with Crippen LogP contribution in [0.3, 0.4) is 0 Å². The van der Waals surface area contributed by atoms with Gasteiger partial charge < -0.3 is 14.5 Å². The molecule has 53 heavy (non-hydrogen) atoms. The number of nitrogens with one attached hydrogen (secondary N) is 1. The lowest BCUT2D eigenvalue weighted by atomic mass is 10.0. The Morgan fingerprint density at radius 1 is 0.547 bits per heavy atom. The maximum absolute atomic E-state index is 5.41. The monoisotopic (exact) mass is 682 g/mol. The Balaban J connectivity index is 1.04. The number of hydrazone groups is 1. The maximum atomic E-state index is 5.41. The van der Waals surface area contributed by atoms with Gasteiger partial charge in [-0.1, -0.05) is 109 Å². The van der Waals surface area contributed by atoms with Crippen LogP contribution in [-0.4, -0.2) is 27.2 Å². The minimum atomic E-state index is -0.155. The summed E-state index contributed by atoms with van der Waals surface area (Å²) in [5.74, 6) is 0.858. The van der Waals surface area contributed by atoms with E-state index in [1.165, 1.54) is 44.0 Å². The van der Waals surface area contributed by atoms with Crippen molar-refractivity contribution in [3.05, 3.63) is 180 Å². The van der Waals surface area contributed by atoms with Crippen LogP contribution in [0, 0.1) is 0 Å². The van der Waals surface area contributed by atoms with E-state index in [2.05, 4.69) is 160 Å². The molecule has 0 amide bonds. The first-order valence-corrected chi connectivity index (χ1v) is 18.3. The van der Waals surface area contributed by atoms with Crippen LogP contribution in [0.5, 0.6) is 0 Å². The summed E-state index contributed by atoms with van der Waals surface area (Å²) >= 11 is 0. The SMILES string of the molecule is C1=Cc2c(n(-c3ccc(C4=C(c5ccc(-n6c7ccccc7c7ccccc76)cc5)N=C5C(C=NN5c5ccccc5)N4)cc3)c3ccccc23)CC1. The molecular formula is C47H34N6. The van der Waals surface area contributed by atoms with Gasteiger partial charge >= 0.3 is 0 Å². The van der Waals surface area contributed by atoms with E-state index in [1.54, 1.807) is 0 Å². The summed E-state index contributed by atoms with van der Waals surface area (Å²) < 4.78 is 4.79. The normalized spacial score (nSPS) is 16.3. The van der Waals surface area contributed by atoms with Crippen molar-refractivity contribution in [1.82, 2.24) is 14.5 Å². The molecule has 1 N–H and O–H groups in total. The van der Waals surface area contributed by atoms with E-state index in [-0.39, 0.29) is 6.04 Å². The second kappa shape index (κ2) is 11.8. The smallest absolute Gasteiger partial charge is 0.159 e. The first kappa shape index (κ1) is 29.8. The van der Waals surface area contributed by atoms with Crippen LogP contribution in [0.2, 0.25) is 0 Å². The van der Waals surface area contributed by atoms with Crippen molar-refractivity contribution in [2.45, 2.75) is 18.9 Å². The van der Waals surface area contributed by atoms with Gasteiger partial charge in [0.1, 0.15) is 6.04 Å². The predicted octanol–water partition coefficient (Wildman–Crippen LogP) is 10.4. The van der Waals surface area contributed by atoms with Crippen LogP contribution in [0.4, 0.5) is 5.69 Å². The first-order chi connectivity index (χ1) is 26.3. The van der Waals surface area contributed by atoms with Gasteiger partial charge in [0.25, 0.3) is 0 Å². The lowest BCUT2D eigenvalue weighted by molar-refractivity contribution is 0.888. The zero-order valence-corrected chi connectivity index (χ0v) is 28.9. The van der Waals surface area contributed by atoms with Crippen molar-refractivity contribution in [1.29, 1.82) is 0 Å². The summed E-state index contributed by atoms with van der Waals surface area (Å²) in [5.41, 5.74) is 13.6. The van der Waals surface area contributed by atoms with E-state index in [4.69, 9.17) is 10.1 Å². The van der Waals surface area contributed by atoms with Gasteiger partial charge in [-0.05, 0) is 67.4 Å². The Hall–Kier alpha value is -6.92. The molecule has 1 atom stereocenters. The fourth-order valence-electron chi connectivity index (χ4n) is 8.41. The van der Waals surface area contributed by atoms with Gasteiger partial charge in [0, 0.05) is 49.9 Å². The highest BCUT2D eigenvalue weighted by molar-refractivity contribution is 6.19. The Morgan fingerprint density at radius 2 is 1.13 bits per heavy atom. The molecule has 252 valence electrons. The molecule has 11 rings (SSSR count). The number of hydrogen-bond donors (Lipinski definition) is 1. The third-order valence-corrected chi connectivity index (χ3v) is 10.8. The van der Waals surface area contributed by atoms with Gasteiger partial charge in [-0.3, -0.25) is 0 Å². The van der Waals surface area contributed by atoms with E-state index >= 15 is 0 Å². The largest absolute Gasteiger partial charge is 0.368 e. The summed E-state index contributed by atoms with van der Waals surface area (Å²) in [5, 5.41) is 14.4. The van der Waals surface area contributed by atoms with E-state index in [9.17, 15) is 0 Å². The molecule has 8 aromatic rings. The van der Waals surface area contributed by atoms with Crippen LogP contribution in [-0.2, 0) is 6.42 Å². The number of aliphatic imine (C=N–C) groups is 1. The number of aromatic nitrogens is 2. The molecule has 0 bridgehead atoms. The molecule has 2 aromatic heterocycles. The summed E-state index contributed by atoms with van der Waals surface area (Å²) in [4.78, 5) is 5.41. The Kier molecular flexibility index (Phi) is 6.64. The minimum absolute atomic E-state index is 0.155. The molecule has 1 aliphatic carbocycles. The number of nitrogens with zero attached hydrogens (tertiary/aromatic N) is 5. The number of para-hydroxylation sites is 4. The fraction of sp³-hybridized carbons (Fsp3) is 0.0638. The van der Waals surface area contributed by atoms with Gasteiger partial charge in [0.05, 0.1) is 39.8 Å². The standard InChI is InChI=1S/C47H34N6/c1-2-12-35(13-3-1)53-47-40(30-48-53)49-45(31-22-26-33(27-23-31)51-41-18-8-4-14-36(41)37-15-5-9-19-42(37)51)46(50-47)32-24-28-34(29-25-32)52-43-20-10-6-16-38(43)39-17-7-11-21-44(39)52/h1-8,10-18,20-30,40,49H,9,19H2. The van der Waals surface area contributed by atoms with Crippen molar-refractivity contribution in [2.24, 2.45) is 10.1 Å². The third-order valence-electron chi connectivity index (χ3n) is 10.8. The van der Waals surface area contributed by atoms with Crippen molar-refractivity contribution < 1.29 is 0 Å². The number of amidine groups is 1. The zero-order chi connectivity index (χ0) is 34.9. The maximum Gasteiger partial charge on any atom is 0.159 e. The number of allylic oxidation sites excluding steroid dienone is 1. The summed E-state index contributed by atoms with van der Waals surface area (Å²) in [6.45, 7) is 0. The minimum Gasteiger partial charge on any atom is -0.368 e. The second-order valence-corrected chi connectivity index (χ2v) is 13.8. The molecule has 0 saturated carbocycles. The predicted molar refractivity (Wildman–Crippen MR) is 220 cm³/mol. The molecule has 3 aliphatic rings. The summed E-state index contributed by atoms with van der Waals surface area (Å²) in [6.07, 6.45) is 8.62. The number of anilines is 1. The highest BCUT2D eigenvalue weighted by Gasteiger charge is 2.33. The average molecular weight is 683 g/mol. The Morgan fingerprint density at radius 3 is 1.83 bits per heavy atom. The van der Waals surface area contributed by atoms with Crippen molar-refractivity contribution in [2.75, 3.05) is 5.01 Å². The van der Waals surface area contributed by atoms with Gasteiger partial charge in [0.2, 0.25) is 0 Å². The number of benzene rings is 6. The lowest BCUT2D eigenvalue weighted by Gasteiger charge is -2.27. The topological polar surface area (TPSA) is 49.9 Å². The molecule has 6 heteroatoms. The van der Waals surface area contributed by atoms with Crippen LogP contribution in [0.1, 0.15) is 28.8 Å². The highest BCUT2D eigenvalue weighted by atomic mass is 15.5. The van der Waals surface area contributed by atoms with Gasteiger partial charge in [-0.15, -0.1) is 0 Å². The van der Waals surface area contributed by atoms with Gasteiger partial charge in [-0.2, -0.15) is 5.10 Å². The molecule has 4 heterocycles. The quantitative estimate of drug-likeness (QED) is 0.196. The number of rotatable bonds is 5. The molecule has 1 unspecified atom stereocenters. The summed E-state index contributed by atoms with van der Waals surface area (Å²) in [6, 6.07) is 53.8. The second-order valence-electron chi connectivity index (χ2n) is 13.8. The van der Waals surface area contributed by atoms with Gasteiger partial charge in [-0.25, -0.2) is 10.0 Å². The zero-order valence-electron chi connectivity index (χ0n) is 28.9. The van der Waals surface area contributed by atoms with E-state index in [0.717, 1.165) is 58.3 Å². The molecular weight excluding hydrogens is 649 g/mol. The van der Waals surface area contributed by atoms with Crippen LogP contribution in [0.15, 0.2) is 168 Å². The molecule has 0 fully saturated rings. The average Bonchev–Trinajstić information content (AvgIpc) is 3.91.